The molecular formula is C21H19FN2O5. The molecule has 1 saturated heterocycles. The minimum atomic E-state index is -0.786. The van der Waals surface area contributed by atoms with E-state index in [4.69, 9.17) is 9.47 Å². The zero-order valence-electron chi connectivity index (χ0n) is 15.9. The Bertz CT molecular complexity index is 985. The molecule has 8 heteroatoms. The van der Waals surface area contributed by atoms with E-state index in [2.05, 4.69) is 5.32 Å². The molecule has 0 unspecified atom stereocenters. The van der Waals surface area contributed by atoms with E-state index in [1.165, 1.54) is 32.4 Å². The summed E-state index contributed by atoms with van der Waals surface area (Å²) in [6, 6.07) is 9.90. The van der Waals surface area contributed by atoms with Gasteiger partial charge in [-0.1, -0.05) is 18.2 Å². The van der Waals surface area contributed by atoms with Crippen molar-refractivity contribution in [2.24, 2.45) is 0 Å². The van der Waals surface area contributed by atoms with E-state index in [1.807, 2.05) is 0 Å². The van der Waals surface area contributed by atoms with E-state index in [1.54, 1.807) is 30.3 Å². The SMILES string of the molecule is COc1ccc(/C=C2\C(=O)NC(=O)N(CCc3ccc(F)cc3)C2=O)cc1OC. The number of carbonyl (C=O) groups is 3. The van der Waals surface area contributed by atoms with Crippen molar-refractivity contribution in [3.05, 3.63) is 65.0 Å². The molecule has 1 aliphatic rings. The van der Waals surface area contributed by atoms with E-state index in [9.17, 15) is 18.8 Å². The Hall–Kier alpha value is -3.68. The summed E-state index contributed by atoms with van der Waals surface area (Å²) in [4.78, 5) is 38.1. The number of amides is 4. The van der Waals surface area contributed by atoms with E-state index in [0.29, 0.717) is 23.5 Å². The van der Waals surface area contributed by atoms with Crippen LogP contribution in [-0.2, 0) is 16.0 Å². The molecule has 1 aliphatic heterocycles. The van der Waals surface area contributed by atoms with Crippen molar-refractivity contribution in [1.82, 2.24) is 10.2 Å². The lowest BCUT2D eigenvalue weighted by Gasteiger charge is -2.26. The van der Waals surface area contributed by atoms with Gasteiger partial charge in [0.25, 0.3) is 11.8 Å². The van der Waals surface area contributed by atoms with Crippen molar-refractivity contribution in [1.29, 1.82) is 0 Å². The molecule has 29 heavy (non-hydrogen) atoms. The zero-order chi connectivity index (χ0) is 21.0. The van der Waals surface area contributed by atoms with Gasteiger partial charge >= 0.3 is 6.03 Å². The normalized spacial score (nSPS) is 15.5. The van der Waals surface area contributed by atoms with Crippen LogP contribution >= 0.6 is 0 Å². The Morgan fingerprint density at radius 3 is 2.34 bits per heavy atom. The van der Waals surface area contributed by atoms with Crippen LogP contribution in [0.4, 0.5) is 9.18 Å². The quantitative estimate of drug-likeness (QED) is 0.597. The Labute approximate surface area is 166 Å². The van der Waals surface area contributed by atoms with Crippen molar-refractivity contribution >= 4 is 23.9 Å². The molecule has 7 nitrogen and oxygen atoms in total. The van der Waals surface area contributed by atoms with Crippen molar-refractivity contribution in [2.45, 2.75) is 6.42 Å². The van der Waals surface area contributed by atoms with Gasteiger partial charge in [-0.3, -0.25) is 19.8 Å². The molecule has 0 atom stereocenters. The fourth-order valence-electron chi connectivity index (χ4n) is 2.90. The molecule has 0 bridgehead atoms. The summed E-state index contributed by atoms with van der Waals surface area (Å²) in [5.41, 5.74) is 1.12. The number of ether oxygens (including phenoxy) is 2. The first-order valence-corrected chi connectivity index (χ1v) is 8.78. The van der Waals surface area contributed by atoms with Crippen molar-refractivity contribution in [3.63, 3.8) is 0 Å². The maximum Gasteiger partial charge on any atom is 0.331 e. The van der Waals surface area contributed by atoms with Gasteiger partial charge in [0.1, 0.15) is 11.4 Å². The van der Waals surface area contributed by atoms with Crippen LogP contribution in [0, 0.1) is 5.82 Å². The highest BCUT2D eigenvalue weighted by Gasteiger charge is 2.35. The van der Waals surface area contributed by atoms with Gasteiger partial charge in [-0.25, -0.2) is 9.18 Å². The fourth-order valence-corrected chi connectivity index (χ4v) is 2.90. The van der Waals surface area contributed by atoms with Crippen LogP contribution in [0.5, 0.6) is 11.5 Å². The highest BCUT2D eigenvalue weighted by Crippen LogP contribution is 2.28. The van der Waals surface area contributed by atoms with Crippen LogP contribution in [0.1, 0.15) is 11.1 Å². The Morgan fingerprint density at radius 1 is 1.00 bits per heavy atom. The summed E-state index contributed by atoms with van der Waals surface area (Å²) in [6.45, 7) is 0.0485. The van der Waals surface area contributed by atoms with Gasteiger partial charge in [0.15, 0.2) is 11.5 Å². The average Bonchev–Trinajstić information content (AvgIpc) is 2.72. The predicted molar refractivity (Wildman–Crippen MR) is 103 cm³/mol. The monoisotopic (exact) mass is 398 g/mol. The molecule has 4 amide bonds. The van der Waals surface area contributed by atoms with Crippen LogP contribution in [0.2, 0.25) is 0 Å². The topological polar surface area (TPSA) is 84.9 Å². The zero-order valence-corrected chi connectivity index (χ0v) is 15.9. The predicted octanol–water partition coefficient (Wildman–Crippen LogP) is 2.55. The van der Waals surface area contributed by atoms with Crippen molar-refractivity contribution in [2.75, 3.05) is 20.8 Å². The van der Waals surface area contributed by atoms with Gasteiger partial charge in [-0.2, -0.15) is 0 Å². The largest absolute Gasteiger partial charge is 0.493 e. The third-order valence-corrected chi connectivity index (χ3v) is 4.44. The number of nitrogens with zero attached hydrogens (tertiary/aromatic N) is 1. The summed E-state index contributed by atoms with van der Waals surface area (Å²) in [5, 5.41) is 2.17. The second-order valence-corrected chi connectivity index (χ2v) is 6.26. The number of rotatable bonds is 6. The molecule has 0 aromatic heterocycles. The minimum absolute atomic E-state index is 0.0485. The number of barbiturate groups is 1. The van der Waals surface area contributed by atoms with Crippen LogP contribution < -0.4 is 14.8 Å². The first-order chi connectivity index (χ1) is 13.9. The molecule has 0 spiro atoms. The number of hydrogen-bond acceptors (Lipinski definition) is 5. The van der Waals surface area contributed by atoms with Crippen LogP contribution in [0.25, 0.3) is 6.08 Å². The second-order valence-electron chi connectivity index (χ2n) is 6.26. The highest BCUT2D eigenvalue weighted by atomic mass is 19.1. The molecule has 0 radical (unpaired) electrons. The molecule has 2 aromatic rings. The fraction of sp³-hybridized carbons (Fsp3) is 0.190. The molecule has 150 valence electrons. The summed E-state index contributed by atoms with van der Waals surface area (Å²) in [5.74, 6) is -0.894. The van der Waals surface area contributed by atoms with Crippen LogP contribution in [-0.4, -0.2) is 43.5 Å². The lowest BCUT2D eigenvalue weighted by Crippen LogP contribution is -2.54. The number of benzene rings is 2. The van der Waals surface area contributed by atoms with E-state index in [-0.39, 0.29) is 17.9 Å². The molecular weight excluding hydrogens is 379 g/mol. The number of imide groups is 2. The lowest BCUT2D eigenvalue weighted by atomic mass is 10.1. The number of nitrogens with one attached hydrogen (secondary N) is 1. The molecule has 1 fully saturated rings. The maximum atomic E-state index is 13.0. The smallest absolute Gasteiger partial charge is 0.331 e. The standard InChI is InChI=1S/C21H19FN2O5/c1-28-17-8-5-14(12-18(17)29-2)11-16-19(25)23-21(27)24(20(16)26)10-9-13-3-6-15(22)7-4-13/h3-8,11-12H,9-10H2,1-2H3,(H,23,25,27)/b16-11+. The van der Waals surface area contributed by atoms with Crippen molar-refractivity contribution in [3.8, 4) is 11.5 Å². The maximum absolute atomic E-state index is 13.0. The summed E-state index contributed by atoms with van der Waals surface area (Å²) in [7, 11) is 2.97. The number of halogens is 1. The molecule has 3 rings (SSSR count). The molecule has 0 aliphatic carbocycles. The van der Waals surface area contributed by atoms with E-state index in [0.717, 1.165) is 10.5 Å². The number of urea groups is 1. The first kappa shape index (κ1) is 20.1. The first-order valence-electron chi connectivity index (χ1n) is 8.78. The van der Waals surface area contributed by atoms with Crippen molar-refractivity contribution < 1.29 is 28.2 Å². The second kappa shape index (κ2) is 8.55. The van der Waals surface area contributed by atoms with Gasteiger partial charge in [0.05, 0.1) is 14.2 Å². The van der Waals surface area contributed by atoms with Gasteiger partial charge in [0.2, 0.25) is 0 Å². The minimum Gasteiger partial charge on any atom is -0.493 e. The Morgan fingerprint density at radius 2 is 1.69 bits per heavy atom. The van der Waals surface area contributed by atoms with Gasteiger partial charge < -0.3 is 9.47 Å². The van der Waals surface area contributed by atoms with Gasteiger partial charge in [-0.15, -0.1) is 0 Å². The summed E-state index contributed by atoms with van der Waals surface area (Å²) >= 11 is 0. The van der Waals surface area contributed by atoms with Crippen LogP contribution in [0.15, 0.2) is 48.0 Å². The highest BCUT2D eigenvalue weighted by molar-refractivity contribution is 6.31. The van der Waals surface area contributed by atoms with Crippen LogP contribution in [0.3, 0.4) is 0 Å². The molecule has 0 saturated carbocycles. The van der Waals surface area contributed by atoms with Gasteiger partial charge in [-0.05, 0) is 47.9 Å². The average molecular weight is 398 g/mol. The number of carbonyl (C=O) groups excluding carboxylic acids is 3. The molecule has 2 aromatic carbocycles. The number of hydrogen-bond donors (Lipinski definition) is 1. The third kappa shape index (κ3) is 4.43. The Kier molecular flexibility index (Phi) is 5.92. The lowest BCUT2D eigenvalue weighted by molar-refractivity contribution is -0.130. The molecule has 1 N–H and O–H groups in total. The third-order valence-electron chi connectivity index (χ3n) is 4.44. The summed E-state index contributed by atoms with van der Waals surface area (Å²) < 4.78 is 23.4. The van der Waals surface area contributed by atoms with Gasteiger partial charge in [0, 0.05) is 6.54 Å². The van der Waals surface area contributed by atoms with E-state index < -0.39 is 17.8 Å². The Balaban J connectivity index is 1.82. The van der Waals surface area contributed by atoms with E-state index >= 15 is 0 Å². The number of methoxy groups -OCH3 is 2. The molecule has 1 heterocycles. The summed E-state index contributed by atoms with van der Waals surface area (Å²) in [6.07, 6.45) is 1.72.